The molecule has 190 valence electrons. The van der Waals surface area contributed by atoms with Crippen molar-refractivity contribution in [3.8, 4) is 5.75 Å². The van der Waals surface area contributed by atoms with Crippen LogP contribution in [0.4, 0.5) is 5.69 Å². The maximum atomic E-state index is 13.1. The third-order valence-corrected chi connectivity index (χ3v) is 8.15. The van der Waals surface area contributed by atoms with E-state index < -0.39 is 10.0 Å². The van der Waals surface area contributed by atoms with Gasteiger partial charge in [0.15, 0.2) is 0 Å². The van der Waals surface area contributed by atoms with Gasteiger partial charge in [-0.2, -0.15) is 0 Å². The Labute approximate surface area is 212 Å². The van der Waals surface area contributed by atoms with Crippen molar-refractivity contribution in [2.75, 3.05) is 44.7 Å². The van der Waals surface area contributed by atoms with Crippen molar-refractivity contribution >= 4 is 33.2 Å². The Morgan fingerprint density at radius 2 is 1.94 bits per heavy atom. The van der Waals surface area contributed by atoms with Crippen molar-refractivity contribution in [2.45, 2.75) is 43.5 Å². The van der Waals surface area contributed by atoms with E-state index >= 15 is 0 Å². The van der Waals surface area contributed by atoms with Crippen LogP contribution < -0.4 is 14.8 Å². The normalized spacial score (nSPS) is 16.5. The highest BCUT2D eigenvalue weighted by atomic mass is 35.5. The van der Waals surface area contributed by atoms with Crippen LogP contribution in [0.15, 0.2) is 35.2 Å². The largest absolute Gasteiger partial charge is 0.492 e. The van der Waals surface area contributed by atoms with Crippen molar-refractivity contribution in [2.24, 2.45) is 0 Å². The van der Waals surface area contributed by atoms with Crippen LogP contribution in [0.25, 0.3) is 0 Å². The third kappa shape index (κ3) is 6.09. The molecule has 2 aliphatic heterocycles. The lowest BCUT2D eigenvalue weighted by atomic mass is 10.0. The van der Waals surface area contributed by atoms with Gasteiger partial charge in [0.1, 0.15) is 5.75 Å². The Balaban J connectivity index is 1.47. The molecule has 2 aliphatic rings. The topological polar surface area (TPSA) is 97.0 Å². The number of benzene rings is 2. The van der Waals surface area contributed by atoms with Gasteiger partial charge in [-0.25, -0.2) is 8.42 Å². The predicted octanol–water partition coefficient (Wildman–Crippen LogP) is 3.61. The van der Waals surface area contributed by atoms with Gasteiger partial charge in [0.05, 0.1) is 27.8 Å². The zero-order chi connectivity index (χ0) is 25.0. The van der Waals surface area contributed by atoms with E-state index in [0.717, 1.165) is 51.1 Å². The lowest BCUT2D eigenvalue weighted by molar-refractivity contribution is 0.0904. The van der Waals surface area contributed by atoms with Crippen molar-refractivity contribution in [3.05, 3.63) is 52.0 Å². The van der Waals surface area contributed by atoms with Crippen LogP contribution >= 0.6 is 11.6 Å². The van der Waals surface area contributed by atoms with Gasteiger partial charge in [0.2, 0.25) is 0 Å². The van der Waals surface area contributed by atoms with E-state index in [-0.39, 0.29) is 27.6 Å². The summed E-state index contributed by atoms with van der Waals surface area (Å²) in [7, 11) is -2.14. The smallest absolute Gasteiger partial charge is 0.261 e. The summed E-state index contributed by atoms with van der Waals surface area (Å²) >= 11 is 6.52. The highest BCUT2D eigenvalue weighted by molar-refractivity contribution is 7.92. The summed E-state index contributed by atoms with van der Waals surface area (Å²) in [6.45, 7) is 5.83. The van der Waals surface area contributed by atoms with Crippen molar-refractivity contribution in [1.82, 2.24) is 10.2 Å². The number of hydrogen-bond donors (Lipinski definition) is 2. The third-order valence-electron chi connectivity index (χ3n) is 6.49. The molecule has 4 rings (SSSR count). The molecule has 0 radical (unpaired) electrons. The molecule has 8 nitrogen and oxygen atoms in total. The number of carbonyl (C=O) groups is 1. The number of likely N-dealkylation sites (tertiary alicyclic amines) is 1. The molecular formula is C25H32ClN3O5S. The van der Waals surface area contributed by atoms with Crippen LogP contribution in [0.2, 0.25) is 5.02 Å². The minimum absolute atomic E-state index is 0.0664. The quantitative estimate of drug-likeness (QED) is 0.489. The maximum Gasteiger partial charge on any atom is 0.261 e. The Bertz CT molecular complexity index is 1160. The van der Waals surface area contributed by atoms with E-state index in [1.165, 1.54) is 6.07 Å². The van der Waals surface area contributed by atoms with Gasteiger partial charge in [-0.3, -0.25) is 9.52 Å². The molecule has 1 amide bonds. The monoisotopic (exact) mass is 521 g/mol. The van der Waals surface area contributed by atoms with Crippen molar-refractivity contribution in [1.29, 1.82) is 0 Å². The summed E-state index contributed by atoms with van der Waals surface area (Å²) in [5, 5.41) is 3.28. The minimum Gasteiger partial charge on any atom is -0.492 e. The van der Waals surface area contributed by atoms with Crippen LogP contribution in [-0.4, -0.2) is 65.2 Å². The summed E-state index contributed by atoms with van der Waals surface area (Å²) in [6, 6.07) is 8.13. The van der Waals surface area contributed by atoms with Gasteiger partial charge in [-0.05, 0) is 44.4 Å². The number of nitrogens with zero attached hydrogens (tertiary/aromatic N) is 1. The van der Waals surface area contributed by atoms with Crippen LogP contribution in [0.1, 0.15) is 40.7 Å². The fourth-order valence-electron chi connectivity index (χ4n) is 4.53. The molecule has 2 heterocycles. The first kappa shape index (κ1) is 25.8. The first-order valence-electron chi connectivity index (χ1n) is 11.9. The van der Waals surface area contributed by atoms with Gasteiger partial charge in [-0.15, -0.1) is 0 Å². The predicted molar refractivity (Wildman–Crippen MR) is 136 cm³/mol. The number of carbonyl (C=O) groups excluding carboxylic acids is 1. The van der Waals surface area contributed by atoms with Gasteiger partial charge in [0, 0.05) is 51.4 Å². The van der Waals surface area contributed by atoms with Gasteiger partial charge >= 0.3 is 0 Å². The molecule has 1 fully saturated rings. The lowest BCUT2D eigenvalue weighted by Crippen LogP contribution is -2.45. The van der Waals surface area contributed by atoms with Crippen LogP contribution in [0, 0.1) is 6.92 Å². The van der Waals surface area contributed by atoms with Crippen molar-refractivity contribution < 1.29 is 22.7 Å². The SMILES string of the molecule is COCCCN1CCC(NC(=O)c2cc(Cl)c(NS(=O)(=O)c3ccc(C)cc3)c3c2OCC3)CC1. The Kier molecular flexibility index (Phi) is 8.21. The molecule has 0 unspecified atom stereocenters. The first-order chi connectivity index (χ1) is 16.8. The highest BCUT2D eigenvalue weighted by Crippen LogP contribution is 2.41. The molecule has 0 spiro atoms. The number of sulfonamides is 1. The zero-order valence-corrected chi connectivity index (χ0v) is 21.7. The summed E-state index contributed by atoms with van der Waals surface area (Å²) in [4.78, 5) is 15.7. The number of aryl methyl sites for hydroxylation is 1. The molecule has 1 saturated heterocycles. The average Bonchev–Trinajstić information content (AvgIpc) is 3.32. The number of methoxy groups -OCH3 is 1. The molecule has 0 aliphatic carbocycles. The van der Waals surface area contributed by atoms with Crippen LogP contribution in [0.3, 0.4) is 0 Å². The highest BCUT2D eigenvalue weighted by Gasteiger charge is 2.30. The molecule has 10 heteroatoms. The van der Waals surface area contributed by atoms with Crippen LogP contribution in [-0.2, 0) is 21.2 Å². The second-order valence-corrected chi connectivity index (χ2v) is 11.1. The number of piperidine rings is 1. The number of amides is 1. The molecule has 35 heavy (non-hydrogen) atoms. The van der Waals surface area contributed by atoms with E-state index in [4.69, 9.17) is 21.1 Å². The molecule has 0 bridgehead atoms. The van der Waals surface area contributed by atoms with Gasteiger partial charge in [0.25, 0.3) is 15.9 Å². The van der Waals surface area contributed by atoms with E-state index in [0.29, 0.717) is 29.9 Å². The number of ether oxygens (including phenoxy) is 2. The molecule has 2 aromatic rings. The second-order valence-electron chi connectivity index (χ2n) is 9.04. The van der Waals surface area contributed by atoms with E-state index in [1.807, 2.05) is 6.92 Å². The molecule has 2 N–H and O–H groups in total. The number of hydrogen-bond acceptors (Lipinski definition) is 6. The summed E-state index contributed by atoms with van der Waals surface area (Å²) < 4.78 is 39.4. The fourth-order valence-corrected chi connectivity index (χ4v) is 5.97. The van der Waals surface area contributed by atoms with E-state index in [9.17, 15) is 13.2 Å². The van der Waals surface area contributed by atoms with E-state index in [2.05, 4.69) is 14.9 Å². The second kappa shape index (κ2) is 11.2. The maximum absolute atomic E-state index is 13.1. The van der Waals surface area contributed by atoms with Crippen molar-refractivity contribution in [3.63, 3.8) is 0 Å². The average molecular weight is 522 g/mol. The molecule has 0 atom stereocenters. The number of anilines is 1. The summed E-state index contributed by atoms with van der Waals surface area (Å²) in [5.41, 5.74) is 2.17. The Hall–Kier alpha value is -2.33. The standard InChI is InChI=1S/C25H32ClN3O5S/c1-17-4-6-19(7-5-17)35(31,32)28-23-20-10-15-34-24(20)21(16-22(23)26)25(30)27-18-8-12-29(13-9-18)11-3-14-33-2/h4-7,16,18,28H,3,8-15H2,1-2H3,(H,27,30). The number of fused-ring (bicyclic) bond motifs is 1. The van der Waals surface area contributed by atoms with Crippen LogP contribution in [0.5, 0.6) is 5.75 Å². The molecule has 0 aromatic heterocycles. The molecule has 0 saturated carbocycles. The minimum atomic E-state index is -3.85. The first-order valence-corrected chi connectivity index (χ1v) is 13.7. The summed E-state index contributed by atoms with van der Waals surface area (Å²) in [6.07, 6.45) is 3.19. The molecule has 2 aromatic carbocycles. The van der Waals surface area contributed by atoms with Gasteiger partial charge < -0.3 is 19.7 Å². The summed E-state index contributed by atoms with van der Waals surface area (Å²) in [5.74, 6) is 0.140. The number of halogens is 1. The van der Waals surface area contributed by atoms with Gasteiger partial charge in [-0.1, -0.05) is 29.3 Å². The lowest BCUT2D eigenvalue weighted by Gasteiger charge is -2.32. The Morgan fingerprint density at radius 1 is 1.23 bits per heavy atom. The fraction of sp³-hybridized carbons (Fsp3) is 0.480. The van der Waals surface area contributed by atoms with E-state index in [1.54, 1.807) is 31.4 Å². The molecular weight excluding hydrogens is 490 g/mol. The zero-order valence-electron chi connectivity index (χ0n) is 20.1. The number of rotatable bonds is 9. The Morgan fingerprint density at radius 3 is 2.63 bits per heavy atom. The number of nitrogens with one attached hydrogen (secondary N) is 2.